The Morgan fingerprint density at radius 1 is 1.54 bits per heavy atom. The molecular formula is C10H15NO2. The fourth-order valence-corrected chi connectivity index (χ4v) is 0.688. The molecule has 2 N–H and O–H groups in total. The molecule has 0 saturated carbocycles. The molecule has 0 aromatic carbocycles. The van der Waals surface area contributed by atoms with Gasteiger partial charge in [0.15, 0.2) is 0 Å². The summed E-state index contributed by atoms with van der Waals surface area (Å²) in [4.78, 5) is 11.1. The van der Waals surface area contributed by atoms with E-state index in [1.54, 1.807) is 6.08 Å². The summed E-state index contributed by atoms with van der Waals surface area (Å²) in [6.07, 6.45) is 3.43. The Bertz CT molecular complexity index is 221. The second kappa shape index (κ2) is 6.20. The molecule has 0 saturated heterocycles. The Morgan fingerprint density at radius 2 is 2.15 bits per heavy atom. The van der Waals surface area contributed by atoms with E-state index in [0.717, 1.165) is 0 Å². The number of nitrogens with two attached hydrogens (primary N) is 1. The van der Waals surface area contributed by atoms with Crippen molar-refractivity contribution in [3.63, 3.8) is 0 Å². The zero-order valence-corrected chi connectivity index (χ0v) is 7.66. The van der Waals surface area contributed by atoms with Crippen LogP contribution in [0.2, 0.25) is 0 Å². The van der Waals surface area contributed by atoms with E-state index in [2.05, 4.69) is 19.7 Å². The van der Waals surface area contributed by atoms with Gasteiger partial charge >= 0.3 is 5.97 Å². The number of ether oxygens (including phenoxy) is 1. The highest BCUT2D eigenvalue weighted by Crippen LogP contribution is 2.04. The van der Waals surface area contributed by atoms with Crippen molar-refractivity contribution in [2.24, 2.45) is 5.73 Å². The Morgan fingerprint density at radius 3 is 2.62 bits per heavy atom. The molecule has 0 aliphatic heterocycles. The number of esters is 1. The minimum Gasteiger partial charge on any atom is -0.458 e. The summed E-state index contributed by atoms with van der Waals surface area (Å²) in [6, 6.07) is -0.246. The van der Waals surface area contributed by atoms with Gasteiger partial charge in [-0.1, -0.05) is 25.3 Å². The number of hydrogen-bond acceptors (Lipinski definition) is 3. The van der Waals surface area contributed by atoms with Crippen LogP contribution in [0.5, 0.6) is 0 Å². The minimum absolute atomic E-state index is 0.196. The molecule has 0 rings (SSSR count). The normalized spacial score (nSPS) is 11.5. The molecule has 1 atom stereocenters. The standard InChI is InChI=1S/C10H15NO2/c1-4-6-13-10(12)8(3)7-9(11)5-2/h4-5,9H,1-3,6-7,11H2. The summed E-state index contributed by atoms with van der Waals surface area (Å²) in [5.74, 6) is -0.433. The van der Waals surface area contributed by atoms with Gasteiger partial charge < -0.3 is 10.5 Å². The van der Waals surface area contributed by atoms with E-state index in [1.807, 2.05) is 0 Å². The Kier molecular flexibility index (Phi) is 5.55. The van der Waals surface area contributed by atoms with E-state index in [4.69, 9.17) is 10.5 Å². The maximum Gasteiger partial charge on any atom is 0.333 e. The van der Waals surface area contributed by atoms with Crippen LogP contribution in [0.1, 0.15) is 6.42 Å². The van der Waals surface area contributed by atoms with Gasteiger partial charge in [-0.25, -0.2) is 4.79 Å². The van der Waals surface area contributed by atoms with E-state index in [0.29, 0.717) is 12.0 Å². The first kappa shape index (κ1) is 11.6. The molecule has 3 nitrogen and oxygen atoms in total. The van der Waals surface area contributed by atoms with E-state index >= 15 is 0 Å². The molecule has 0 heterocycles. The van der Waals surface area contributed by atoms with Crippen molar-refractivity contribution in [1.29, 1.82) is 0 Å². The highest BCUT2D eigenvalue weighted by atomic mass is 16.5. The van der Waals surface area contributed by atoms with Crippen LogP contribution >= 0.6 is 0 Å². The maximum absolute atomic E-state index is 11.1. The van der Waals surface area contributed by atoms with Crippen molar-refractivity contribution in [3.8, 4) is 0 Å². The molecule has 3 heteroatoms. The molecule has 0 aliphatic rings. The number of carbonyl (C=O) groups is 1. The van der Waals surface area contributed by atoms with Crippen LogP contribution in [0.25, 0.3) is 0 Å². The van der Waals surface area contributed by atoms with Crippen LogP contribution in [-0.2, 0) is 9.53 Å². The smallest absolute Gasteiger partial charge is 0.333 e. The quantitative estimate of drug-likeness (QED) is 0.380. The zero-order chi connectivity index (χ0) is 10.3. The van der Waals surface area contributed by atoms with Crippen LogP contribution in [0.15, 0.2) is 37.5 Å². The summed E-state index contributed by atoms with van der Waals surface area (Å²) < 4.78 is 4.75. The van der Waals surface area contributed by atoms with Crippen LogP contribution in [0, 0.1) is 0 Å². The lowest BCUT2D eigenvalue weighted by Crippen LogP contribution is -2.20. The van der Waals surface area contributed by atoms with Gasteiger partial charge in [0.05, 0.1) is 0 Å². The molecule has 0 bridgehead atoms. The van der Waals surface area contributed by atoms with Gasteiger partial charge in [0, 0.05) is 11.6 Å². The summed E-state index contributed by atoms with van der Waals surface area (Å²) >= 11 is 0. The Labute approximate surface area is 78.6 Å². The van der Waals surface area contributed by atoms with Crippen LogP contribution in [0.4, 0.5) is 0 Å². The van der Waals surface area contributed by atoms with Crippen molar-refractivity contribution in [1.82, 2.24) is 0 Å². The molecule has 0 aliphatic carbocycles. The molecule has 0 aromatic rings. The van der Waals surface area contributed by atoms with Gasteiger partial charge in [-0.15, -0.1) is 6.58 Å². The SMILES string of the molecule is C=CCOC(=O)C(=C)CC(N)C=C. The van der Waals surface area contributed by atoms with Crippen molar-refractivity contribution in [3.05, 3.63) is 37.5 Å². The van der Waals surface area contributed by atoms with Gasteiger partial charge in [-0.3, -0.25) is 0 Å². The van der Waals surface area contributed by atoms with Crippen molar-refractivity contribution in [2.75, 3.05) is 6.61 Å². The first-order valence-corrected chi connectivity index (χ1v) is 3.95. The lowest BCUT2D eigenvalue weighted by Gasteiger charge is -2.07. The second-order valence-electron chi connectivity index (χ2n) is 2.59. The third-order valence-corrected chi connectivity index (χ3v) is 1.41. The number of carbonyl (C=O) groups excluding carboxylic acids is 1. The van der Waals surface area contributed by atoms with Gasteiger partial charge in [0.1, 0.15) is 6.61 Å². The third kappa shape index (κ3) is 4.98. The fourth-order valence-electron chi connectivity index (χ4n) is 0.688. The topological polar surface area (TPSA) is 52.3 Å². The lowest BCUT2D eigenvalue weighted by atomic mass is 10.1. The summed E-state index contributed by atoms with van der Waals surface area (Å²) in [6.45, 7) is 10.7. The molecule has 1 unspecified atom stereocenters. The summed E-state index contributed by atoms with van der Waals surface area (Å²) in [5.41, 5.74) is 5.89. The van der Waals surface area contributed by atoms with Gasteiger partial charge in [-0.2, -0.15) is 0 Å². The van der Waals surface area contributed by atoms with E-state index in [1.165, 1.54) is 6.08 Å². The highest BCUT2D eigenvalue weighted by molar-refractivity contribution is 5.87. The molecule has 13 heavy (non-hydrogen) atoms. The van der Waals surface area contributed by atoms with Crippen molar-refractivity contribution in [2.45, 2.75) is 12.5 Å². The molecule has 0 fully saturated rings. The van der Waals surface area contributed by atoms with E-state index in [-0.39, 0.29) is 12.6 Å². The maximum atomic E-state index is 11.1. The monoisotopic (exact) mass is 181 g/mol. The Hall–Kier alpha value is -1.35. The molecule has 0 aromatic heterocycles. The fraction of sp³-hybridized carbons (Fsp3) is 0.300. The van der Waals surface area contributed by atoms with Crippen molar-refractivity contribution < 1.29 is 9.53 Å². The van der Waals surface area contributed by atoms with Gasteiger partial charge in [-0.05, 0) is 6.42 Å². The number of rotatable bonds is 6. The number of hydrogen-bond donors (Lipinski definition) is 1. The lowest BCUT2D eigenvalue weighted by molar-refractivity contribution is -0.137. The molecule has 0 amide bonds. The highest BCUT2D eigenvalue weighted by Gasteiger charge is 2.09. The first-order valence-electron chi connectivity index (χ1n) is 3.95. The minimum atomic E-state index is -0.433. The molecule has 0 spiro atoms. The predicted octanol–water partition coefficient (Wildman–Crippen LogP) is 1.18. The van der Waals surface area contributed by atoms with Crippen LogP contribution in [0.3, 0.4) is 0 Å². The van der Waals surface area contributed by atoms with Crippen LogP contribution < -0.4 is 5.73 Å². The van der Waals surface area contributed by atoms with Crippen LogP contribution in [-0.4, -0.2) is 18.6 Å². The van der Waals surface area contributed by atoms with Crippen molar-refractivity contribution >= 4 is 5.97 Å². The first-order chi connectivity index (χ1) is 6.11. The average molecular weight is 181 g/mol. The van der Waals surface area contributed by atoms with Gasteiger partial charge in [0.25, 0.3) is 0 Å². The van der Waals surface area contributed by atoms with E-state index < -0.39 is 5.97 Å². The summed E-state index contributed by atoms with van der Waals surface area (Å²) in [5, 5.41) is 0. The zero-order valence-electron chi connectivity index (χ0n) is 7.66. The summed E-state index contributed by atoms with van der Waals surface area (Å²) in [7, 11) is 0. The molecule has 0 radical (unpaired) electrons. The largest absolute Gasteiger partial charge is 0.458 e. The Balaban J connectivity index is 3.88. The predicted molar refractivity (Wildman–Crippen MR) is 53.1 cm³/mol. The third-order valence-electron chi connectivity index (χ3n) is 1.41. The van der Waals surface area contributed by atoms with E-state index in [9.17, 15) is 4.79 Å². The molecular weight excluding hydrogens is 166 g/mol. The average Bonchev–Trinajstić information content (AvgIpc) is 2.13. The second-order valence-corrected chi connectivity index (χ2v) is 2.59. The molecule has 72 valence electrons. The van der Waals surface area contributed by atoms with Gasteiger partial charge in [0.2, 0.25) is 0 Å².